The van der Waals surface area contributed by atoms with Crippen LogP contribution in [0.15, 0.2) is 18.2 Å². The first-order valence-electron chi connectivity index (χ1n) is 8.25. The number of hydrogen-bond acceptors (Lipinski definition) is 4. The van der Waals surface area contributed by atoms with E-state index in [1.54, 1.807) is 0 Å². The highest BCUT2D eigenvalue weighted by molar-refractivity contribution is 6.11. The van der Waals surface area contributed by atoms with Crippen LogP contribution in [-0.4, -0.2) is 45.4 Å². The number of imide groups is 1. The molecule has 9 heteroatoms. The third-order valence-electron chi connectivity index (χ3n) is 4.89. The number of halogens is 1. The van der Waals surface area contributed by atoms with Crippen molar-refractivity contribution in [1.82, 2.24) is 10.2 Å². The van der Waals surface area contributed by atoms with Crippen LogP contribution in [0.5, 0.6) is 0 Å². The normalized spacial score (nSPS) is 19.5. The van der Waals surface area contributed by atoms with Crippen molar-refractivity contribution in [2.75, 3.05) is 5.32 Å². The van der Waals surface area contributed by atoms with E-state index in [0.717, 1.165) is 35.9 Å². The molecule has 0 radical (unpaired) electrons. The molecule has 1 spiro atoms. The smallest absolute Gasteiger partial charge is 0.335 e. The van der Waals surface area contributed by atoms with Gasteiger partial charge in [-0.1, -0.05) is 12.8 Å². The number of hydrogen-bond donors (Lipinski definition) is 3. The van der Waals surface area contributed by atoms with Gasteiger partial charge in [-0.3, -0.25) is 9.59 Å². The van der Waals surface area contributed by atoms with E-state index in [1.807, 2.05) is 0 Å². The Hall–Kier alpha value is -2.97. The zero-order valence-corrected chi connectivity index (χ0v) is 14.0. The van der Waals surface area contributed by atoms with Gasteiger partial charge >= 0.3 is 12.0 Å². The first-order chi connectivity index (χ1) is 12.2. The molecular formula is C17H18FN3O5. The van der Waals surface area contributed by atoms with E-state index in [0.29, 0.717) is 12.8 Å². The van der Waals surface area contributed by atoms with Crippen LogP contribution < -0.4 is 10.6 Å². The lowest BCUT2D eigenvalue weighted by Crippen LogP contribution is -2.48. The molecule has 1 saturated heterocycles. The minimum atomic E-state index is -1.30. The largest absolute Gasteiger partial charge is 0.478 e. The zero-order chi connectivity index (χ0) is 19.1. The van der Waals surface area contributed by atoms with Gasteiger partial charge in [0, 0.05) is 0 Å². The standard InChI is InChI=1S/C17H18FN3O5/c1-9(21-15(25)17(20-16(21)26)6-2-3-7-17)13(22)19-12-5-4-10(14(23)24)8-11(12)18/h4-5,8-9H,2-3,6-7H2,1H3,(H,19,22)(H,20,26)(H,23,24). The number of carboxylic acid groups (broad SMARTS) is 1. The van der Waals surface area contributed by atoms with Crippen molar-refractivity contribution >= 4 is 29.5 Å². The lowest BCUT2D eigenvalue weighted by atomic mass is 9.97. The number of carboxylic acids is 1. The van der Waals surface area contributed by atoms with E-state index < -0.39 is 41.2 Å². The number of benzene rings is 1. The van der Waals surface area contributed by atoms with Gasteiger partial charge in [0.05, 0.1) is 11.3 Å². The summed E-state index contributed by atoms with van der Waals surface area (Å²) in [5.74, 6) is -3.40. The van der Waals surface area contributed by atoms with E-state index in [2.05, 4.69) is 10.6 Å². The van der Waals surface area contributed by atoms with Crippen LogP contribution in [0.1, 0.15) is 43.0 Å². The summed E-state index contributed by atoms with van der Waals surface area (Å²) in [6.07, 6.45) is 2.71. The lowest BCUT2D eigenvalue weighted by molar-refractivity contribution is -0.136. The van der Waals surface area contributed by atoms with Crippen molar-refractivity contribution in [2.45, 2.75) is 44.2 Å². The molecule has 2 fully saturated rings. The van der Waals surface area contributed by atoms with Crippen LogP contribution in [0.3, 0.4) is 0 Å². The average molecular weight is 363 g/mol. The van der Waals surface area contributed by atoms with Gasteiger partial charge in [-0.05, 0) is 38.0 Å². The van der Waals surface area contributed by atoms with Gasteiger partial charge < -0.3 is 15.7 Å². The maximum atomic E-state index is 14.0. The molecule has 3 N–H and O–H groups in total. The van der Waals surface area contributed by atoms with Crippen molar-refractivity contribution in [2.24, 2.45) is 0 Å². The Morgan fingerprint density at radius 3 is 2.54 bits per heavy atom. The minimum Gasteiger partial charge on any atom is -0.478 e. The number of nitrogens with zero attached hydrogens (tertiary/aromatic N) is 1. The molecule has 2 aliphatic rings. The van der Waals surface area contributed by atoms with E-state index in [4.69, 9.17) is 5.11 Å². The van der Waals surface area contributed by atoms with Gasteiger partial charge in [-0.15, -0.1) is 0 Å². The van der Waals surface area contributed by atoms with Gasteiger partial charge in [-0.2, -0.15) is 0 Å². The number of amides is 4. The predicted octanol–water partition coefficient (Wildman–Crippen LogP) is 1.72. The zero-order valence-electron chi connectivity index (χ0n) is 14.0. The Morgan fingerprint density at radius 2 is 1.96 bits per heavy atom. The number of aromatic carboxylic acids is 1. The number of rotatable bonds is 4. The summed E-state index contributed by atoms with van der Waals surface area (Å²) >= 11 is 0. The van der Waals surface area contributed by atoms with Crippen LogP contribution in [0.25, 0.3) is 0 Å². The van der Waals surface area contributed by atoms with Crippen molar-refractivity contribution in [3.63, 3.8) is 0 Å². The van der Waals surface area contributed by atoms with Gasteiger partial charge in [-0.25, -0.2) is 18.9 Å². The van der Waals surface area contributed by atoms with Crippen LogP contribution in [-0.2, 0) is 9.59 Å². The average Bonchev–Trinajstić information content (AvgIpc) is 3.14. The predicted molar refractivity (Wildman–Crippen MR) is 88.0 cm³/mol. The first-order valence-corrected chi connectivity index (χ1v) is 8.25. The molecule has 0 bridgehead atoms. The van der Waals surface area contributed by atoms with Crippen molar-refractivity contribution < 1.29 is 28.7 Å². The second-order valence-electron chi connectivity index (χ2n) is 6.56. The second-order valence-corrected chi connectivity index (χ2v) is 6.56. The van der Waals surface area contributed by atoms with Crippen LogP contribution >= 0.6 is 0 Å². The Kier molecular flexibility index (Phi) is 4.39. The summed E-state index contributed by atoms with van der Waals surface area (Å²) in [5, 5.41) is 13.8. The molecule has 0 aromatic heterocycles. The summed E-state index contributed by atoms with van der Waals surface area (Å²) in [4.78, 5) is 48.9. The summed E-state index contributed by atoms with van der Waals surface area (Å²) < 4.78 is 14.0. The number of carbonyl (C=O) groups excluding carboxylic acids is 3. The topological polar surface area (TPSA) is 116 Å². The molecule has 1 unspecified atom stereocenters. The highest BCUT2D eigenvalue weighted by atomic mass is 19.1. The number of nitrogens with one attached hydrogen (secondary N) is 2. The summed E-state index contributed by atoms with van der Waals surface area (Å²) in [7, 11) is 0. The van der Waals surface area contributed by atoms with Crippen molar-refractivity contribution in [3.05, 3.63) is 29.6 Å². The van der Waals surface area contributed by atoms with Crippen molar-refractivity contribution in [1.29, 1.82) is 0 Å². The quantitative estimate of drug-likeness (QED) is 0.705. The third kappa shape index (κ3) is 2.89. The van der Waals surface area contributed by atoms with Crippen LogP contribution in [0.2, 0.25) is 0 Å². The van der Waals surface area contributed by atoms with Gasteiger partial charge in [0.25, 0.3) is 5.91 Å². The van der Waals surface area contributed by atoms with Gasteiger partial charge in [0.1, 0.15) is 17.4 Å². The van der Waals surface area contributed by atoms with E-state index in [9.17, 15) is 23.6 Å². The molecular weight excluding hydrogens is 345 g/mol. The maximum Gasteiger partial charge on any atom is 0.335 e. The summed E-state index contributed by atoms with van der Waals surface area (Å²) in [6, 6.07) is 1.27. The molecule has 1 saturated carbocycles. The highest BCUT2D eigenvalue weighted by Crippen LogP contribution is 2.35. The molecule has 3 rings (SSSR count). The van der Waals surface area contributed by atoms with E-state index >= 15 is 0 Å². The fourth-order valence-electron chi connectivity index (χ4n) is 3.41. The molecule has 1 aliphatic heterocycles. The lowest BCUT2D eigenvalue weighted by Gasteiger charge is -2.23. The highest BCUT2D eigenvalue weighted by Gasteiger charge is 2.54. The minimum absolute atomic E-state index is 0.227. The van der Waals surface area contributed by atoms with Crippen molar-refractivity contribution in [3.8, 4) is 0 Å². The molecule has 1 aromatic carbocycles. The molecule has 1 aliphatic carbocycles. The summed E-state index contributed by atoms with van der Waals surface area (Å²) in [6.45, 7) is 1.38. The van der Waals surface area contributed by atoms with E-state index in [1.165, 1.54) is 6.92 Å². The molecule has 1 aromatic rings. The maximum absolute atomic E-state index is 14.0. The van der Waals surface area contributed by atoms with Gasteiger partial charge in [0.15, 0.2) is 0 Å². The number of urea groups is 1. The molecule has 1 heterocycles. The Morgan fingerprint density at radius 1 is 1.31 bits per heavy atom. The molecule has 8 nitrogen and oxygen atoms in total. The Balaban J connectivity index is 1.75. The fraction of sp³-hybridized carbons (Fsp3) is 0.412. The number of anilines is 1. The first kappa shape index (κ1) is 17.8. The molecule has 4 amide bonds. The molecule has 1 atom stereocenters. The fourth-order valence-corrected chi connectivity index (χ4v) is 3.41. The molecule has 26 heavy (non-hydrogen) atoms. The van der Waals surface area contributed by atoms with E-state index in [-0.39, 0.29) is 11.3 Å². The second kappa shape index (κ2) is 6.40. The van der Waals surface area contributed by atoms with Gasteiger partial charge in [0.2, 0.25) is 5.91 Å². The Bertz CT molecular complexity index is 804. The summed E-state index contributed by atoms with van der Waals surface area (Å²) in [5.41, 5.74) is -1.42. The number of carbonyl (C=O) groups is 4. The Labute approximate surface area is 148 Å². The van der Waals surface area contributed by atoms with Crippen LogP contribution in [0.4, 0.5) is 14.9 Å². The molecule has 138 valence electrons. The SMILES string of the molecule is CC(C(=O)Nc1ccc(C(=O)O)cc1F)N1C(=O)NC2(CCCC2)C1=O. The van der Waals surface area contributed by atoms with Crippen LogP contribution in [0, 0.1) is 5.82 Å². The monoisotopic (exact) mass is 363 g/mol. The third-order valence-corrected chi connectivity index (χ3v) is 4.89.